The number of hydrogen-bond acceptors (Lipinski definition) is 5. The zero-order chi connectivity index (χ0) is 20.8. The Morgan fingerprint density at radius 3 is 2.52 bits per heavy atom. The van der Waals surface area contributed by atoms with Gasteiger partial charge in [0.1, 0.15) is 10.6 Å². The van der Waals surface area contributed by atoms with Crippen molar-refractivity contribution in [3.63, 3.8) is 0 Å². The highest BCUT2D eigenvalue weighted by Gasteiger charge is 2.26. The Labute approximate surface area is 180 Å². The average Bonchev–Trinajstić information content (AvgIpc) is 3.05. The largest absolute Gasteiger partial charge is 0.462 e. The number of carbonyl (C=O) groups excluding carboxylic acids is 2. The first-order valence-corrected chi connectivity index (χ1v) is 11.2. The molecule has 0 aliphatic heterocycles. The summed E-state index contributed by atoms with van der Waals surface area (Å²) in [6, 6.07) is 9.73. The second kappa shape index (κ2) is 9.98. The summed E-state index contributed by atoms with van der Waals surface area (Å²) in [5, 5.41) is 6.67. The molecular formula is C22H26N2O3S2. The van der Waals surface area contributed by atoms with Crippen molar-refractivity contribution in [1.29, 1.82) is 0 Å². The van der Waals surface area contributed by atoms with Crippen LogP contribution < -0.4 is 10.6 Å². The second-order valence-electron chi connectivity index (χ2n) is 7.10. The van der Waals surface area contributed by atoms with Crippen LogP contribution in [0.5, 0.6) is 0 Å². The van der Waals surface area contributed by atoms with Gasteiger partial charge in [-0.15, -0.1) is 11.3 Å². The highest BCUT2D eigenvalue weighted by atomic mass is 32.1. The standard InChI is InChI=1S/C22H26N2O3S2/c1-3-27-21(26)18-17(15-10-6-4-7-11-15)14(2)29-20(18)24-22(28)23-19(25)16-12-8-5-9-13-16/h4,6-7,10-11,16H,3,5,8-9,12-13H2,1-2H3,(H2,23,24,25,28). The Hall–Kier alpha value is -2.25. The van der Waals surface area contributed by atoms with Crippen LogP contribution in [0, 0.1) is 12.8 Å². The Kier molecular flexibility index (Phi) is 7.39. The van der Waals surface area contributed by atoms with E-state index in [2.05, 4.69) is 10.6 Å². The molecule has 5 nitrogen and oxygen atoms in total. The molecule has 2 N–H and O–H groups in total. The fraction of sp³-hybridized carbons (Fsp3) is 0.409. The fourth-order valence-electron chi connectivity index (χ4n) is 3.70. The molecule has 2 aromatic rings. The van der Waals surface area contributed by atoms with Gasteiger partial charge in [0.15, 0.2) is 5.11 Å². The Balaban J connectivity index is 1.83. The molecular weight excluding hydrogens is 404 g/mol. The van der Waals surface area contributed by atoms with Crippen molar-refractivity contribution < 1.29 is 14.3 Å². The number of ether oxygens (including phenoxy) is 1. The van der Waals surface area contributed by atoms with Gasteiger partial charge in [-0.05, 0) is 44.5 Å². The van der Waals surface area contributed by atoms with Gasteiger partial charge in [0, 0.05) is 16.4 Å². The molecule has 29 heavy (non-hydrogen) atoms. The zero-order valence-electron chi connectivity index (χ0n) is 16.7. The first-order chi connectivity index (χ1) is 14.0. The number of anilines is 1. The van der Waals surface area contributed by atoms with Crippen LogP contribution in [0.4, 0.5) is 5.00 Å². The fourth-order valence-corrected chi connectivity index (χ4v) is 5.03. The number of nitrogens with one attached hydrogen (secondary N) is 2. The molecule has 1 saturated carbocycles. The van der Waals surface area contributed by atoms with Crippen molar-refractivity contribution in [3.05, 3.63) is 40.8 Å². The minimum atomic E-state index is -0.403. The normalized spacial score (nSPS) is 14.3. The predicted molar refractivity (Wildman–Crippen MR) is 121 cm³/mol. The van der Waals surface area contributed by atoms with Gasteiger partial charge in [-0.2, -0.15) is 0 Å². The van der Waals surface area contributed by atoms with E-state index in [1.807, 2.05) is 37.3 Å². The second-order valence-corrected chi connectivity index (χ2v) is 8.74. The number of aryl methyl sites for hydroxylation is 1. The monoisotopic (exact) mass is 430 g/mol. The lowest BCUT2D eigenvalue weighted by atomic mass is 9.89. The molecule has 0 bridgehead atoms. The van der Waals surface area contributed by atoms with Crippen LogP contribution in [0.25, 0.3) is 11.1 Å². The van der Waals surface area contributed by atoms with E-state index in [4.69, 9.17) is 17.0 Å². The van der Waals surface area contributed by atoms with E-state index in [-0.39, 0.29) is 23.5 Å². The van der Waals surface area contributed by atoms with Crippen molar-refractivity contribution in [1.82, 2.24) is 5.32 Å². The van der Waals surface area contributed by atoms with Crippen molar-refractivity contribution in [2.75, 3.05) is 11.9 Å². The molecule has 0 unspecified atom stereocenters. The molecule has 3 rings (SSSR count). The lowest BCUT2D eigenvalue weighted by molar-refractivity contribution is -0.124. The van der Waals surface area contributed by atoms with Crippen LogP contribution in [-0.2, 0) is 9.53 Å². The van der Waals surface area contributed by atoms with Gasteiger partial charge in [0.05, 0.1) is 6.61 Å². The molecule has 1 fully saturated rings. The highest BCUT2D eigenvalue weighted by molar-refractivity contribution is 7.80. The zero-order valence-corrected chi connectivity index (χ0v) is 18.4. The summed E-state index contributed by atoms with van der Waals surface area (Å²) in [5.74, 6) is -0.436. The van der Waals surface area contributed by atoms with E-state index in [1.54, 1.807) is 6.92 Å². The average molecular weight is 431 g/mol. The van der Waals surface area contributed by atoms with Crippen molar-refractivity contribution >= 4 is 45.5 Å². The van der Waals surface area contributed by atoms with E-state index >= 15 is 0 Å². The topological polar surface area (TPSA) is 67.4 Å². The first-order valence-electron chi connectivity index (χ1n) is 9.99. The third-order valence-electron chi connectivity index (χ3n) is 5.07. The van der Waals surface area contributed by atoms with Crippen LogP contribution >= 0.6 is 23.6 Å². The van der Waals surface area contributed by atoms with Crippen LogP contribution in [-0.4, -0.2) is 23.6 Å². The number of amides is 1. The van der Waals surface area contributed by atoms with Crippen molar-refractivity contribution in [2.45, 2.75) is 46.0 Å². The molecule has 1 aromatic heterocycles. The minimum Gasteiger partial charge on any atom is -0.462 e. The molecule has 7 heteroatoms. The molecule has 0 spiro atoms. The Bertz CT molecular complexity index is 887. The van der Waals surface area contributed by atoms with E-state index in [1.165, 1.54) is 17.8 Å². The summed E-state index contributed by atoms with van der Waals surface area (Å²) >= 11 is 6.80. The van der Waals surface area contributed by atoms with Crippen LogP contribution in [0.1, 0.15) is 54.3 Å². The Morgan fingerprint density at radius 2 is 1.86 bits per heavy atom. The number of benzene rings is 1. The Morgan fingerprint density at radius 1 is 1.17 bits per heavy atom. The summed E-state index contributed by atoms with van der Waals surface area (Å²) < 4.78 is 5.30. The summed E-state index contributed by atoms with van der Waals surface area (Å²) in [4.78, 5) is 26.2. The lowest BCUT2D eigenvalue weighted by Gasteiger charge is -2.21. The van der Waals surface area contributed by atoms with E-state index in [0.717, 1.165) is 41.7 Å². The third-order valence-corrected chi connectivity index (χ3v) is 6.29. The van der Waals surface area contributed by atoms with Gasteiger partial charge in [-0.3, -0.25) is 4.79 Å². The maximum Gasteiger partial charge on any atom is 0.341 e. The van der Waals surface area contributed by atoms with Gasteiger partial charge in [-0.1, -0.05) is 49.6 Å². The molecule has 0 saturated heterocycles. The predicted octanol–water partition coefficient (Wildman–Crippen LogP) is 5.29. The van der Waals surface area contributed by atoms with Crippen molar-refractivity contribution in [3.8, 4) is 11.1 Å². The van der Waals surface area contributed by atoms with Crippen molar-refractivity contribution in [2.24, 2.45) is 5.92 Å². The number of thiophene rings is 1. The lowest BCUT2D eigenvalue weighted by Crippen LogP contribution is -2.39. The number of hydrogen-bond donors (Lipinski definition) is 2. The van der Waals surface area contributed by atoms with E-state index in [0.29, 0.717) is 10.6 Å². The summed E-state index contributed by atoms with van der Waals surface area (Å²) in [5.41, 5.74) is 2.22. The summed E-state index contributed by atoms with van der Waals surface area (Å²) in [6.07, 6.45) is 5.15. The molecule has 1 amide bonds. The van der Waals surface area contributed by atoms with Gasteiger partial charge in [0.2, 0.25) is 5.91 Å². The molecule has 1 heterocycles. The molecule has 1 aromatic carbocycles. The van der Waals surface area contributed by atoms with Crippen LogP contribution in [0.3, 0.4) is 0 Å². The number of rotatable bonds is 5. The highest BCUT2D eigenvalue weighted by Crippen LogP contribution is 2.40. The maximum absolute atomic E-state index is 12.7. The minimum absolute atomic E-state index is 0.0120. The smallest absolute Gasteiger partial charge is 0.341 e. The van der Waals surface area contributed by atoms with Gasteiger partial charge in [-0.25, -0.2) is 4.79 Å². The first kappa shape index (κ1) is 21.5. The number of esters is 1. The number of carbonyl (C=O) groups is 2. The SMILES string of the molecule is CCOC(=O)c1c(NC(=S)NC(=O)C2CCCCC2)sc(C)c1-c1ccccc1. The molecule has 1 aliphatic rings. The van der Waals surface area contributed by atoms with Gasteiger partial charge < -0.3 is 15.4 Å². The summed E-state index contributed by atoms with van der Waals surface area (Å²) in [6.45, 7) is 4.02. The van der Waals surface area contributed by atoms with Gasteiger partial charge in [0.25, 0.3) is 0 Å². The maximum atomic E-state index is 12.7. The van der Waals surface area contributed by atoms with Crippen LogP contribution in [0.2, 0.25) is 0 Å². The van der Waals surface area contributed by atoms with Gasteiger partial charge >= 0.3 is 5.97 Å². The van der Waals surface area contributed by atoms with Crippen LogP contribution in [0.15, 0.2) is 30.3 Å². The quantitative estimate of drug-likeness (QED) is 0.498. The summed E-state index contributed by atoms with van der Waals surface area (Å²) in [7, 11) is 0. The molecule has 0 radical (unpaired) electrons. The molecule has 154 valence electrons. The molecule has 1 aliphatic carbocycles. The third kappa shape index (κ3) is 5.22. The van der Waals surface area contributed by atoms with E-state index < -0.39 is 5.97 Å². The number of thiocarbonyl (C=S) groups is 1. The van der Waals surface area contributed by atoms with E-state index in [9.17, 15) is 9.59 Å². The molecule has 0 atom stereocenters.